The summed E-state index contributed by atoms with van der Waals surface area (Å²) in [4.78, 5) is 0. The first kappa shape index (κ1) is 59.8. The molecule has 0 unspecified atom stereocenters. The van der Waals surface area contributed by atoms with Crippen LogP contribution in [0.1, 0.15) is 32.1 Å². The molecule has 0 amide bonds. The van der Waals surface area contributed by atoms with Gasteiger partial charge in [0.2, 0.25) is 0 Å². The second-order valence-electron chi connectivity index (χ2n) is 20.0. The number of benzene rings is 11. The maximum atomic E-state index is 2.45. The van der Waals surface area contributed by atoms with E-state index in [0.29, 0.717) is 0 Å². The second kappa shape index (κ2) is 33.5. The average molecular weight is 1150 g/mol. The van der Waals surface area contributed by atoms with Gasteiger partial charge in [-0.3, -0.25) is 0 Å². The quantitative estimate of drug-likeness (QED) is 0.0668. The Balaban J connectivity index is 0.000000219. The Morgan fingerprint density at radius 2 is 0.350 bits per heavy atom. The molecule has 1 aliphatic carbocycles. The molecular formula is C74H72BFeP4-. The Morgan fingerprint density at radius 1 is 0.200 bits per heavy atom. The minimum absolute atomic E-state index is 0. The molecule has 0 radical (unpaired) electrons. The predicted molar refractivity (Wildman–Crippen MR) is 358 cm³/mol. The summed E-state index contributed by atoms with van der Waals surface area (Å²) in [5.74, 6) is 0. The van der Waals surface area contributed by atoms with E-state index in [0.717, 1.165) is 18.2 Å². The molecule has 0 saturated heterocycles. The van der Waals surface area contributed by atoms with E-state index in [-0.39, 0.29) is 17.1 Å². The first-order valence-electron chi connectivity index (χ1n) is 28.1. The second-order valence-corrected chi connectivity index (χ2v) is 29.0. The molecule has 80 heavy (non-hydrogen) atoms. The van der Waals surface area contributed by atoms with Crippen LogP contribution in [-0.4, -0.2) is 24.3 Å². The van der Waals surface area contributed by atoms with Crippen LogP contribution in [0.15, 0.2) is 340 Å². The van der Waals surface area contributed by atoms with Crippen molar-refractivity contribution in [2.45, 2.75) is 32.1 Å². The summed E-state index contributed by atoms with van der Waals surface area (Å²) >= 11 is 0. The summed E-state index contributed by atoms with van der Waals surface area (Å²) in [5, 5.41) is 12.9. The molecule has 6 heteroatoms. The molecule has 11 aromatic rings. The maximum absolute atomic E-state index is 2.45. The molecule has 12 rings (SSSR count). The Labute approximate surface area is 494 Å². The van der Waals surface area contributed by atoms with Gasteiger partial charge in [0.15, 0.2) is 0 Å². The van der Waals surface area contributed by atoms with Gasteiger partial charge in [-0.25, -0.2) is 5.46 Å². The van der Waals surface area contributed by atoms with Gasteiger partial charge in [0.1, 0.15) is 0 Å². The molecule has 1 saturated carbocycles. The topological polar surface area (TPSA) is 0 Å². The van der Waals surface area contributed by atoms with Crippen LogP contribution in [0.5, 0.6) is 0 Å². The van der Waals surface area contributed by atoms with Crippen LogP contribution >= 0.6 is 31.7 Å². The molecule has 0 N–H and O–H groups in total. The normalized spacial score (nSPS) is 11.8. The molecular weight excluding hydrogens is 1080 g/mol. The Kier molecular flexibility index (Phi) is 25.0. The Morgan fingerprint density at radius 3 is 0.537 bits per heavy atom. The summed E-state index contributed by atoms with van der Waals surface area (Å²) in [5.41, 5.74) is 1.51. The smallest absolute Gasteiger partial charge is 0.0432 e. The minimum Gasteiger partial charge on any atom is -0.209 e. The standard InChI is InChI=1S/C45H41BP3.C18H15P.C6H6.C5H10.Fe/c1-8-22-39(23-9-1)46(36-47(40-24-10-2-11-25-40)41-26-12-3-13-27-41,37-48(42-28-14-4-15-29-42)43-30-16-5-17-31-43)38-49(44-32-18-6-19-33-44)45-34-20-7-21-35-45;1-4-10-16(11-5-1)19(17-12-6-2-7-13-17)18-14-8-3-9-15-18;1-2-4-6-5-3-1;1-2-4-5-3-1;/h1-35H,36-38H2;1-15H;1-6H;1-5H2;/q-1;;;;. The molecule has 0 bridgehead atoms. The van der Waals surface area contributed by atoms with Crippen molar-refractivity contribution in [1.29, 1.82) is 0 Å². The van der Waals surface area contributed by atoms with Crippen molar-refractivity contribution in [3.8, 4) is 0 Å². The summed E-state index contributed by atoms with van der Waals surface area (Å²) < 4.78 is 0. The number of hydrogen-bond donors (Lipinski definition) is 0. The van der Waals surface area contributed by atoms with E-state index in [1.807, 2.05) is 36.4 Å². The van der Waals surface area contributed by atoms with Crippen LogP contribution in [-0.2, 0) is 17.1 Å². The average Bonchev–Trinajstić information content (AvgIpc) is 4.21. The van der Waals surface area contributed by atoms with Crippen molar-refractivity contribution in [3.05, 3.63) is 340 Å². The van der Waals surface area contributed by atoms with Gasteiger partial charge >= 0.3 is 0 Å². The predicted octanol–water partition coefficient (Wildman–Crippen LogP) is 15.4. The fourth-order valence-corrected chi connectivity index (χ4v) is 22.3. The zero-order chi connectivity index (χ0) is 53.8. The molecule has 0 aliphatic heterocycles. The van der Waals surface area contributed by atoms with Gasteiger partial charge in [0.25, 0.3) is 0 Å². The van der Waals surface area contributed by atoms with Crippen LogP contribution in [0.2, 0.25) is 0 Å². The van der Waals surface area contributed by atoms with E-state index < -0.39 is 37.8 Å². The largest absolute Gasteiger partial charge is 0.209 e. The zero-order valence-electron chi connectivity index (χ0n) is 45.7. The maximum Gasteiger partial charge on any atom is 0.0432 e. The number of rotatable bonds is 16. The summed E-state index contributed by atoms with van der Waals surface area (Å²) in [6, 6.07) is 128. The van der Waals surface area contributed by atoms with Gasteiger partial charge in [-0.15, -0.1) is 18.2 Å². The monoisotopic (exact) mass is 1150 g/mol. The molecule has 0 nitrogen and oxygen atoms in total. The van der Waals surface area contributed by atoms with Gasteiger partial charge < -0.3 is 0 Å². The molecule has 1 fully saturated rings. The van der Waals surface area contributed by atoms with Crippen LogP contribution < -0.4 is 53.2 Å². The third-order valence-corrected chi connectivity index (χ3v) is 25.6. The van der Waals surface area contributed by atoms with Crippen LogP contribution in [0.4, 0.5) is 0 Å². The van der Waals surface area contributed by atoms with E-state index in [4.69, 9.17) is 0 Å². The molecule has 0 aromatic heterocycles. The van der Waals surface area contributed by atoms with E-state index in [9.17, 15) is 0 Å². The zero-order valence-corrected chi connectivity index (χ0v) is 50.4. The Bertz CT molecular complexity index is 2860. The first-order valence-corrected chi connectivity index (χ1v) is 34.0. The SMILES string of the molecule is C1CCCC1.[Fe].c1ccc(P(C[B-](CP(c2ccccc2)c2ccccc2)(CP(c2ccccc2)c2ccccc2)c2ccccc2)c2ccccc2)cc1.c1ccc(P(c2ccccc2)c2ccccc2)cc1.c1ccccc1. The Hall–Kier alpha value is -6.28. The molecule has 1 aliphatic rings. The summed E-state index contributed by atoms with van der Waals surface area (Å²) in [6.45, 7) is 0. The van der Waals surface area contributed by atoms with Gasteiger partial charge in [-0.05, 0) is 55.7 Å². The molecule has 0 spiro atoms. The third-order valence-electron chi connectivity index (χ3n) is 14.5. The molecule has 0 atom stereocenters. The van der Waals surface area contributed by atoms with Crippen molar-refractivity contribution in [2.75, 3.05) is 18.2 Å². The number of hydrogen-bond acceptors (Lipinski definition) is 0. The molecule has 400 valence electrons. The van der Waals surface area contributed by atoms with Crippen LogP contribution in [0.3, 0.4) is 0 Å². The van der Waals surface area contributed by atoms with E-state index in [2.05, 4.69) is 303 Å². The van der Waals surface area contributed by atoms with E-state index >= 15 is 0 Å². The van der Waals surface area contributed by atoms with Gasteiger partial charge in [0.05, 0.1) is 0 Å². The van der Waals surface area contributed by atoms with Crippen LogP contribution in [0.25, 0.3) is 0 Å². The van der Waals surface area contributed by atoms with Crippen molar-refractivity contribution in [3.63, 3.8) is 0 Å². The van der Waals surface area contributed by atoms with Gasteiger partial charge in [-0.1, -0.05) is 396 Å². The van der Waals surface area contributed by atoms with E-state index in [1.165, 1.54) is 85.3 Å². The van der Waals surface area contributed by atoms with Crippen molar-refractivity contribution in [2.24, 2.45) is 0 Å². The van der Waals surface area contributed by atoms with Crippen molar-refractivity contribution < 1.29 is 17.1 Å². The summed E-state index contributed by atoms with van der Waals surface area (Å²) in [7, 11) is -2.40. The van der Waals surface area contributed by atoms with Crippen molar-refractivity contribution >= 4 is 91.0 Å². The fourth-order valence-electron chi connectivity index (χ4n) is 10.6. The van der Waals surface area contributed by atoms with Gasteiger partial charge in [0, 0.05) is 23.2 Å². The van der Waals surface area contributed by atoms with Crippen molar-refractivity contribution in [1.82, 2.24) is 0 Å². The molecule has 11 aromatic carbocycles. The first-order chi connectivity index (χ1) is 39.2. The van der Waals surface area contributed by atoms with E-state index in [1.54, 1.807) is 0 Å². The van der Waals surface area contributed by atoms with Crippen LogP contribution in [0, 0.1) is 0 Å². The molecule has 0 heterocycles. The fraction of sp³-hybridized carbons (Fsp3) is 0.108. The third kappa shape index (κ3) is 17.9. The summed E-state index contributed by atoms with van der Waals surface area (Å²) in [6.07, 6.45) is 6.36. The van der Waals surface area contributed by atoms with Gasteiger partial charge in [-0.2, -0.15) is 0 Å². The minimum atomic E-state index is -1.14.